The van der Waals surface area contributed by atoms with Gasteiger partial charge < -0.3 is 9.47 Å². The first-order valence-corrected chi connectivity index (χ1v) is 11.5. The molecule has 164 valence electrons. The number of methoxy groups -OCH3 is 1. The highest BCUT2D eigenvalue weighted by molar-refractivity contribution is 8.26. The molecule has 0 spiro atoms. The number of nitrogens with zero attached hydrogens (tertiary/aromatic N) is 3. The summed E-state index contributed by atoms with van der Waals surface area (Å²) in [5.41, 5.74) is 3.49. The van der Waals surface area contributed by atoms with Gasteiger partial charge in [-0.1, -0.05) is 42.2 Å². The van der Waals surface area contributed by atoms with Gasteiger partial charge in [0.05, 0.1) is 36.0 Å². The summed E-state index contributed by atoms with van der Waals surface area (Å²) in [4.78, 5) is 15.1. The lowest BCUT2D eigenvalue weighted by molar-refractivity contribution is -0.122. The molecule has 1 aliphatic rings. The van der Waals surface area contributed by atoms with Gasteiger partial charge in [0.2, 0.25) is 0 Å². The second-order valence-corrected chi connectivity index (χ2v) is 8.67. The van der Waals surface area contributed by atoms with Crippen LogP contribution in [0.1, 0.15) is 12.5 Å². The van der Waals surface area contributed by atoms with Crippen LogP contribution in [-0.4, -0.2) is 51.8 Å². The minimum absolute atomic E-state index is 0.109. The minimum Gasteiger partial charge on any atom is -0.494 e. The van der Waals surface area contributed by atoms with E-state index >= 15 is 0 Å². The van der Waals surface area contributed by atoms with E-state index in [0.717, 1.165) is 28.3 Å². The van der Waals surface area contributed by atoms with Crippen molar-refractivity contribution in [2.45, 2.75) is 6.92 Å². The summed E-state index contributed by atoms with van der Waals surface area (Å²) in [6, 6.07) is 17.7. The van der Waals surface area contributed by atoms with Gasteiger partial charge in [0.15, 0.2) is 0 Å². The quantitative estimate of drug-likeness (QED) is 0.352. The molecule has 32 heavy (non-hydrogen) atoms. The molecular weight excluding hydrogens is 442 g/mol. The number of benzene rings is 2. The lowest BCUT2D eigenvalue weighted by Crippen LogP contribution is -2.31. The summed E-state index contributed by atoms with van der Waals surface area (Å²) in [6.45, 7) is 3.44. The number of hydrogen-bond acceptors (Lipinski definition) is 6. The van der Waals surface area contributed by atoms with Crippen molar-refractivity contribution in [3.8, 4) is 22.7 Å². The Hall–Kier alpha value is -2.94. The zero-order valence-electron chi connectivity index (χ0n) is 17.9. The molecule has 3 aromatic rings. The van der Waals surface area contributed by atoms with Crippen molar-refractivity contribution in [2.75, 3.05) is 26.9 Å². The Balaban J connectivity index is 1.73. The van der Waals surface area contributed by atoms with Gasteiger partial charge in [-0.2, -0.15) is 5.10 Å². The normalized spacial score (nSPS) is 15.1. The number of carbonyl (C=O) groups excluding carboxylic acids is 1. The Kier molecular flexibility index (Phi) is 7.04. The van der Waals surface area contributed by atoms with Crippen LogP contribution in [0.3, 0.4) is 0 Å². The highest BCUT2D eigenvalue weighted by atomic mass is 32.2. The highest BCUT2D eigenvalue weighted by Crippen LogP contribution is 2.35. The van der Waals surface area contributed by atoms with Crippen LogP contribution in [-0.2, 0) is 9.53 Å². The highest BCUT2D eigenvalue weighted by Gasteiger charge is 2.32. The van der Waals surface area contributed by atoms with Crippen LogP contribution >= 0.6 is 24.0 Å². The van der Waals surface area contributed by atoms with E-state index < -0.39 is 0 Å². The molecular formula is C24H23N3O3S2. The summed E-state index contributed by atoms with van der Waals surface area (Å²) < 4.78 is 13.0. The van der Waals surface area contributed by atoms with Crippen LogP contribution in [0.5, 0.6) is 5.75 Å². The molecule has 1 amide bonds. The topological polar surface area (TPSA) is 56.6 Å². The molecule has 0 N–H and O–H groups in total. The summed E-state index contributed by atoms with van der Waals surface area (Å²) in [6.07, 6.45) is 3.80. The standard InChI is InChI=1S/C24H23N3O3S2/c1-3-30-20-11-9-17(10-12-20)22-18(16-27(25-22)19-7-5-4-6-8-19)15-21-23(28)26(13-14-29-2)24(31)32-21/h4-12,15-16H,3,13-14H2,1-2H3/b21-15+. The van der Waals surface area contributed by atoms with Crippen molar-refractivity contribution in [3.05, 3.63) is 71.3 Å². The maximum Gasteiger partial charge on any atom is 0.266 e. The molecule has 1 saturated heterocycles. The van der Waals surface area contributed by atoms with Gasteiger partial charge in [0.1, 0.15) is 10.1 Å². The fourth-order valence-corrected chi connectivity index (χ4v) is 4.62. The summed E-state index contributed by atoms with van der Waals surface area (Å²) in [5.74, 6) is 0.696. The first kappa shape index (κ1) is 22.3. The van der Waals surface area contributed by atoms with Crippen LogP contribution in [0.2, 0.25) is 0 Å². The van der Waals surface area contributed by atoms with Gasteiger partial charge in [-0.15, -0.1) is 0 Å². The molecule has 1 aliphatic heterocycles. The molecule has 0 saturated carbocycles. The Morgan fingerprint density at radius 1 is 1.12 bits per heavy atom. The van der Waals surface area contributed by atoms with Crippen LogP contribution < -0.4 is 4.74 Å². The van der Waals surface area contributed by atoms with Crippen molar-refractivity contribution in [1.82, 2.24) is 14.7 Å². The van der Waals surface area contributed by atoms with Crippen molar-refractivity contribution >= 4 is 40.3 Å². The van der Waals surface area contributed by atoms with E-state index in [4.69, 9.17) is 26.8 Å². The van der Waals surface area contributed by atoms with E-state index in [9.17, 15) is 4.79 Å². The first-order chi connectivity index (χ1) is 15.6. The molecule has 2 aromatic carbocycles. The summed E-state index contributed by atoms with van der Waals surface area (Å²) >= 11 is 6.71. The maximum atomic E-state index is 12.9. The van der Waals surface area contributed by atoms with Gasteiger partial charge in [-0.25, -0.2) is 4.68 Å². The Morgan fingerprint density at radius 3 is 2.56 bits per heavy atom. The number of rotatable bonds is 8. The molecule has 0 unspecified atom stereocenters. The molecule has 0 bridgehead atoms. The number of amides is 1. The van der Waals surface area contributed by atoms with Gasteiger partial charge >= 0.3 is 0 Å². The van der Waals surface area contributed by atoms with E-state index in [2.05, 4.69) is 0 Å². The molecule has 1 aromatic heterocycles. The Bertz CT molecular complexity index is 1140. The monoisotopic (exact) mass is 465 g/mol. The fraction of sp³-hybridized carbons (Fsp3) is 0.208. The Morgan fingerprint density at radius 2 is 1.88 bits per heavy atom. The summed E-state index contributed by atoms with van der Waals surface area (Å²) in [5, 5.41) is 4.83. The smallest absolute Gasteiger partial charge is 0.266 e. The van der Waals surface area contributed by atoms with E-state index in [1.165, 1.54) is 11.8 Å². The number of para-hydroxylation sites is 1. The predicted octanol–water partition coefficient (Wildman–Crippen LogP) is 4.79. The van der Waals surface area contributed by atoms with Crippen molar-refractivity contribution < 1.29 is 14.3 Å². The van der Waals surface area contributed by atoms with Crippen LogP contribution in [0, 0.1) is 0 Å². The third-order valence-corrected chi connectivity index (χ3v) is 6.26. The number of ether oxygens (including phenoxy) is 2. The third kappa shape index (κ3) is 4.77. The van der Waals surface area contributed by atoms with E-state index in [-0.39, 0.29) is 5.91 Å². The van der Waals surface area contributed by atoms with Crippen molar-refractivity contribution in [1.29, 1.82) is 0 Å². The molecule has 6 nitrogen and oxygen atoms in total. The third-order valence-electron chi connectivity index (χ3n) is 4.88. The molecule has 4 rings (SSSR count). The first-order valence-electron chi connectivity index (χ1n) is 10.2. The fourth-order valence-electron chi connectivity index (χ4n) is 3.32. The molecule has 0 atom stereocenters. The zero-order valence-corrected chi connectivity index (χ0v) is 19.5. The second kappa shape index (κ2) is 10.1. The molecule has 1 fully saturated rings. The number of hydrogen-bond donors (Lipinski definition) is 0. The summed E-state index contributed by atoms with van der Waals surface area (Å²) in [7, 11) is 1.61. The number of carbonyl (C=O) groups is 1. The van der Waals surface area contributed by atoms with Gasteiger partial charge in [0.25, 0.3) is 5.91 Å². The lowest BCUT2D eigenvalue weighted by atomic mass is 10.1. The van der Waals surface area contributed by atoms with Gasteiger partial charge in [-0.05, 0) is 49.4 Å². The maximum absolute atomic E-state index is 12.9. The average Bonchev–Trinajstić information content (AvgIpc) is 3.35. The number of thiocarbonyl (C=S) groups is 1. The molecule has 2 heterocycles. The van der Waals surface area contributed by atoms with Crippen LogP contribution in [0.4, 0.5) is 0 Å². The zero-order chi connectivity index (χ0) is 22.5. The lowest BCUT2D eigenvalue weighted by Gasteiger charge is -2.12. The van der Waals surface area contributed by atoms with Crippen LogP contribution in [0.15, 0.2) is 65.7 Å². The van der Waals surface area contributed by atoms with E-state index in [0.29, 0.717) is 29.0 Å². The predicted molar refractivity (Wildman–Crippen MR) is 132 cm³/mol. The van der Waals surface area contributed by atoms with Crippen LogP contribution in [0.25, 0.3) is 23.0 Å². The second-order valence-electron chi connectivity index (χ2n) is 7.00. The average molecular weight is 466 g/mol. The van der Waals surface area contributed by atoms with E-state index in [1.807, 2.05) is 78.5 Å². The van der Waals surface area contributed by atoms with Gasteiger partial charge in [0, 0.05) is 24.4 Å². The van der Waals surface area contributed by atoms with Gasteiger partial charge in [-0.3, -0.25) is 9.69 Å². The number of aromatic nitrogens is 2. The largest absolute Gasteiger partial charge is 0.494 e. The molecule has 0 radical (unpaired) electrons. The number of thioether (sulfide) groups is 1. The SMILES string of the molecule is CCOc1ccc(-c2nn(-c3ccccc3)cc2/C=C2/SC(=S)N(CCOC)C2=O)cc1. The molecule has 0 aliphatic carbocycles. The molecule has 8 heteroatoms. The van der Waals surface area contributed by atoms with Crippen molar-refractivity contribution in [2.24, 2.45) is 0 Å². The minimum atomic E-state index is -0.109. The Labute approximate surface area is 196 Å². The van der Waals surface area contributed by atoms with Crippen molar-refractivity contribution in [3.63, 3.8) is 0 Å². The van der Waals surface area contributed by atoms with E-state index in [1.54, 1.807) is 12.0 Å².